The van der Waals surface area contributed by atoms with Crippen molar-refractivity contribution in [3.63, 3.8) is 0 Å². The smallest absolute Gasteiger partial charge is 0.275 e. The van der Waals surface area contributed by atoms with Gasteiger partial charge in [-0.15, -0.1) is 0 Å². The van der Waals surface area contributed by atoms with Crippen molar-refractivity contribution in [2.24, 2.45) is 0 Å². The minimum absolute atomic E-state index is 0.0561. The SMILES string of the molecule is CC(C)NC(=O)C[NH+](C)CC(=O)N[C@H](C)c1ccccc1Cl. The van der Waals surface area contributed by atoms with Crippen molar-refractivity contribution < 1.29 is 14.5 Å². The van der Waals surface area contributed by atoms with Gasteiger partial charge in [0.2, 0.25) is 0 Å². The molecule has 1 rings (SSSR count). The number of quaternary nitrogens is 1. The number of benzene rings is 1. The zero-order valence-corrected chi connectivity index (χ0v) is 14.3. The third kappa shape index (κ3) is 6.45. The molecule has 2 atom stereocenters. The molecule has 122 valence electrons. The molecule has 2 amide bonds. The van der Waals surface area contributed by atoms with Crippen molar-refractivity contribution in [2.45, 2.75) is 32.9 Å². The van der Waals surface area contributed by atoms with Gasteiger partial charge in [-0.05, 0) is 32.4 Å². The van der Waals surface area contributed by atoms with Crippen molar-refractivity contribution in [3.8, 4) is 0 Å². The summed E-state index contributed by atoms with van der Waals surface area (Å²) in [5.41, 5.74) is 0.882. The fourth-order valence-corrected chi connectivity index (χ4v) is 2.48. The second-order valence-corrected chi connectivity index (χ2v) is 6.25. The van der Waals surface area contributed by atoms with Crippen LogP contribution in [0.25, 0.3) is 0 Å². The fraction of sp³-hybridized carbons (Fsp3) is 0.500. The average Bonchev–Trinajstić information content (AvgIpc) is 2.37. The van der Waals surface area contributed by atoms with Gasteiger partial charge in [-0.3, -0.25) is 9.59 Å². The predicted molar refractivity (Wildman–Crippen MR) is 87.9 cm³/mol. The van der Waals surface area contributed by atoms with Crippen LogP contribution in [0.3, 0.4) is 0 Å². The maximum absolute atomic E-state index is 12.0. The zero-order valence-electron chi connectivity index (χ0n) is 13.6. The number of carbonyl (C=O) groups excluding carboxylic acids is 2. The first-order chi connectivity index (χ1) is 10.3. The largest absolute Gasteiger partial charge is 0.349 e. The Morgan fingerprint density at radius 1 is 1.09 bits per heavy atom. The number of likely N-dealkylation sites (N-methyl/N-ethyl adjacent to an activating group) is 1. The van der Waals surface area contributed by atoms with E-state index in [0.717, 1.165) is 10.5 Å². The van der Waals surface area contributed by atoms with E-state index in [-0.39, 0.29) is 37.0 Å². The van der Waals surface area contributed by atoms with Crippen LogP contribution in [0, 0.1) is 0 Å². The number of amides is 2. The molecule has 0 aliphatic rings. The van der Waals surface area contributed by atoms with E-state index in [2.05, 4.69) is 10.6 Å². The molecule has 1 aromatic rings. The maximum Gasteiger partial charge on any atom is 0.275 e. The lowest BCUT2D eigenvalue weighted by Gasteiger charge is -2.18. The van der Waals surface area contributed by atoms with Crippen LogP contribution in [0.2, 0.25) is 5.02 Å². The zero-order chi connectivity index (χ0) is 16.7. The molecule has 0 aliphatic carbocycles. The van der Waals surface area contributed by atoms with Gasteiger partial charge in [-0.25, -0.2) is 0 Å². The van der Waals surface area contributed by atoms with E-state index >= 15 is 0 Å². The maximum atomic E-state index is 12.0. The Morgan fingerprint density at radius 3 is 2.18 bits per heavy atom. The summed E-state index contributed by atoms with van der Waals surface area (Å²) < 4.78 is 0. The lowest BCUT2D eigenvalue weighted by atomic mass is 10.1. The Morgan fingerprint density at radius 2 is 1.64 bits per heavy atom. The second-order valence-electron chi connectivity index (χ2n) is 5.84. The molecule has 1 aromatic carbocycles. The lowest BCUT2D eigenvalue weighted by molar-refractivity contribution is -0.862. The molecule has 3 N–H and O–H groups in total. The Kier molecular flexibility index (Phi) is 7.35. The van der Waals surface area contributed by atoms with Crippen LogP contribution in [0.5, 0.6) is 0 Å². The van der Waals surface area contributed by atoms with Gasteiger partial charge in [-0.1, -0.05) is 29.8 Å². The number of nitrogens with one attached hydrogen (secondary N) is 3. The van der Waals surface area contributed by atoms with E-state index in [1.54, 1.807) is 6.07 Å². The molecule has 0 aliphatic heterocycles. The minimum Gasteiger partial charge on any atom is -0.349 e. The van der Waals surface area contributed by atoms with E-state index in [0.29, 0.717) is 5.02 Å². The molecule has 22 heavy (non-hydrogen) atoms. The number of hydrogen-bond donors (Lipinski definition) is 3. The highest BCUT2D eigenvalue weighted by Crippen LogP contribution is 2.21. The molecule has 0 saturated heterocycles. The molecule has 0 spiro atoms. The summed E-state index contributed by atoms with van der Waals surface area (Å²) >= 11 is 6.12. The quantitative estimate of drug-likeness (QED) is 0.685. The Balaban J connectivity index is 2.45. The number of carbonyl (C=O) groups is 2. The topological polar surface area (TPSA) is 62.6 Å². The molecule has 0 aromatic heterocycles. The van der Waals surface area contributed by atoms with Crippen LogP contribution in [-0.4, -0.2) is 38.0 Å². The molecular weight excluding hydrogens is 302 g/mol. The summed E-state index contributed by atoms with van der Waals surface area (Å²) in [6.07, 6.45) is 0. The van der Waals surface area contributed by atoms with Gasteiger partial charge in [0.1, 0.15) is 0 Å². The lowest BCUT2D eigenvalue weighted by Crippen LogP contribution is -3.11. The molecule has 5 nitrogen and oxygen atoms in total. The Bertz CT molecular complexity index is 520. The van der Waals surface area contributed by atoms with Gasteiger partial charge in [0.15, 0.2) is 13.1 Å². The highest BCUT2D eigenvalue weighted by Gasteiger charge is 2.17. The van der Waals surface area contributed by atoms with Crippen LogP contribution in [0.4, 0.5) is 0 Å². The van der Waals surface area contributed by atoms with Crippen molar-refractivity contribution in [1.82, 2.24) is 10.6 Å². The molecule has 6 heteroatoms. The van der Waals surface area contributed by atoms with Gasteiger partial charge < -0.3 is 15.5 Å². The van der Waals surface area contributed by atoms with Gasteiger partial charge in [-0.2, -0.15) is 0 Å². The van der Waals surface area contributed by atoms with Crippen molar-refractivity contribution in [1.29, 1.82) is 0 Å². The molecular formula is C16H25ClN3O2+. The van der Waals surface area contributed by atoms with Gasteiger partial charge in [0.25, 0.3) is 11.8 Å². The van der Waals surface area contributed by atoms with Gasteiger partial charge >= 0.3 is 0 Å². The summed E-state index contributed by atoms with van der Waals surface area (Å²) in [6, 6.07) is 7.36. The van der Waals surface area contributed by atoms with Gasteiger partial charge in [0, 0.05) is 11.1 Å². The number of hydrogen-bond acceptors (Lipinski definition) is 2. The summed E-state index contributed by atoms with van der Waals surface area (Å²) in [5, 5.41) is 6.35. The minimum atomic E-state index is -0.168. The Labute approximate surface area is 137 Å². The van der Waals surface area contributed by atoms with Crippen LogP contribution in [0.15, 0.2) is 24.3 Å². The third-order valence-electron chi connectivity index (χ3n) is 3.12. The van der Waals surface area contributed by atoms with Crippen LogP contribution in [0.1, 0.15) is 32.4 Å². The van der Waals surface area contributed by atoms with E-state index in [1.807, 2.05) is 46.0 Å². The Hall–Kier alpha value is -1.59. The summed E-state index contributed by atoms with van der Waals surface area (Å²) in [5.74, 6) is -0.165. The molecule has 1 unspecified atom stereocenters. The summed E-state index contributed by atoms with van der Waals surface area (Å²) in [7, 11) is 1.82. The normalized spacial score (nSPS) is 13.5. The van der Waals surface area contributed by atoms with Crippen molar-refractivity contribution in [3.05, 3.63) is 34.9 Å². The molecule has 0 fully saturated rings. The van der Waals surface area contributed by atoms with E-state index in [4.69, 9.17) is 11.6 Å². The monoisotopic (exact) mass is 326 g/mol. The van der Waals surface area contributed by atoms with Crippen LogP contribution in [-0.2, 0) is 9.59 Å². The van der Waals surface area contributed by atoms with Crippen molar-refractivity contribution in [2.75, 3.05) is 20.1 Å². The standard InChI is InChI=1S/C16H24ClN3O2/c1-11(2)18-15(21)9-20(4)10-16(22)19-12(3)13-7-5-6-8-14(13)17/h5-8,11-12H,9-10H2,1-4H3,(H,18,21)(H,19,22)/p+1/t12-/m1/s1. The fourth-order valence-electron chi connectivity index (χ4n) is 2.18. The number of rotatable bonds is 7. The van der Waals surface area contributed by atoms with Gasteiger partial charge in [0.05, 0.1) is 13.1 Å². The molecule has 0 saturated carbocycles. The van der Waals surface area contributed by atoms with Crippen molar-refractivity contribution >= 4 is 23.4 Å². The predicted octanol–water partition coefficient (Wildman–Crippen LogP) is 0.557. The second kappa shape index (κ2) is 8.76. The number of halogens is 1. The van der Waals surface area contributed by atoms with Crippen LogP contribution < -0.4 is 15.5 Å². The average molecular weight is 327 g/mol. The first-order valence-corrected chi connectivity index (χ1v) is 7.81. The van der Waals surface area contributed by atoms with Crippen LogP contribution >= 0.6 is 11.6 Å². The first kappa shape index (κ1) is 18.5. The third-order valence-corrected chi connectivity index (χ3v) is 3.47. The first-order valence-electron chi connectivity index (χ1n) is 7.44. The molecule has 0 bridgehead atoms. The van der Waals surface area contributed by atoms with E-state index < -0.39 is 0 Å². The summed E-state index contributed by atoms with van der Waals surface area (Å²) in [4.78, 5) is 24.5. The molecule has 0 radical (unpaired) electrons. The summed E-state index contributed by atoms with van der Waals surface area (Å²) in [6.45, 7) is 6.21. The van der Waals surface area contributed by atoms with E-state index in [9.17, 15) is 9.59 Å². The highest BCUT2D eigenvalue weighted by molar-refractivity contribution is 6.31. The highest BCUT2D eigenvalue weighted by atomic mass is 35.5. The van der Waals surface area contributed by atoms with E-state index in [1.165, 1.54) is 0 Å². The molecule has 0 heterocycles.